The number of pyridine rings is 1. The minimum atomic E-state index is -0.380. The zero-order valence-corrected chi connectivity index (χ0v) is 11.1. The Labute approximate surface area is 121 Å². The highest BCUT2D eigenvalue weighted by Crippen LogP contribution is 2.26. The third kappa shape index (κ3) is 2.42. The molecule has 4 N–H and O–H groups in total. The zero-order chi connectivity index (χ0) is 14.8. The maximum Gasteiger partial charge on any atom is 0.265 e. The van der Waals surface area contributed by atoms with E-state index in [1.54, 1.807) is 24.3 Å². The molecule has 5 nitrogen and oxygen atoms in total. The fourth-order valence-corrected chi connectivity index (χ4v) is 2.25. The summed E-state index contributed by atoms with van der Waals surface area (Å²) in [4.78, 5) is 16.5. The summed E-state index contributed by atoms with van der Waals surface area (Å²) in [5.74, 6) is 5.01. The van der Waals surface area contributed by atoms with Crippen molar-refractivity contribution in [2.45, 2.75) is 0 Å². The van der Waals surface area contributed by atoms with Gasteiger partial charge in [-0.25, -0.2) is 10.8 Å². The summed E-state index contributed by atoms with van der Waals surface area (Å²) in [6.07, 6.45) is 0. The number of nitrogen functional groups attached to an aromatic ring is 1. The average Bonchev–Trinajstić information content (AvgIpc) is 2.53. The van der Waals surface area contributed by atoms with Crippen molar-refractivity contribution in [3.05, 3.63) is 60.2 Å². The number of nitrogens with one attached hydrogen (secondary N) is 1. The lowest BCUT2D eigenvalue weighted by Crippen LogP contribution is -2.30. The van der Waals surface area contributed by atoms with E-state index in [9.17, 15) is 9.90 Å². The van der Waals surface area contributed by atoms with Crippen LogP contribution in [0.4, 0.5) is 0 Å². The Balaban J connectivity index is 2.27. The predicted octanol–water partition coefficient (Wildman–Crippen LogP) is 2.21. The molecule has 0 bridgehead atoms. The molecule has 104 valence electrons. The van der Waals surface area contributed by atoms with E-state index in [2.05, 4.69) is 10.4 Å². The number of carbonyl (C=O) groups excluding carboxylic acids is 1. The quantitative estimate of drug-likeness (QED) is 0.381. The highest BCUT2D eigenvalue weighted by molar-refractivity contribution is 6.06. The Hall–Kier alpha value is -2.92. The number of hydrogen-bond acceptors (Lipinski definition) is 4. The molecular weight excluding hydrogens is 266 g/mol. The molecule has 0 aliphatic heterocycles. The van der Waals surface area contributed by atoms with Crippen molar-refractivity contribution in [2.75, 3.05) is 0 Å². The molecule has 1 heterocycles. The summed E-state index contributed by atoms with van der Waals surface area (Å²) in [7, 11) is 0. The zero-order valence-electron chi connectivity index (χ0n) is 11.1. The maximum atomic E-state index is 12.0. The Kier molecular flexibility index (Phi) is 3.25. The summed E-state index contributed by atoms with van der Waals surface area (Å²) in [6.45, 7) is 0. The standard InChI is InChI=1S/C16H13N3O2/c17-19-16(21)13-9-15(10-4-3-5-11(20)8-10)18-14-7-2-1-6-12(13)14/h1-9,20H,17H2,(H,19,21). The van der Waals surface area contributed by atoms with Crippen LogP contribution in [-0.4, -0.2) is 16.0 Å². The SMILES string of the molecule is NNC(=O)c1cc(-c2cccc(O)c2)nc2ccccc12. The lowest BCUT2D eigenvalue weighted by Gasteiger charge is -2.09. The van der Waals surface area contributed by atoms with Crippen LogP contribution in [0.15, 0.2) is 54.6 Å². The van der Waals surface area contributed by atoms with E-state index in [0.29, 0.717) is 16.8 Å². The van der Waals surface area contributed by atoms with Crippen molar-refractivity contribution in [3.63, 3.8) is 0 Å². The summed E-state index contributed by atoms with van der Waals surface area (Å²) in [5, 5.41) is 10.3. The smallest absolute Gasteiger partial charge is 0.265 e. The molecule has 3 rings (SSSR count). The number of amides is 1. The van der Waals surface area contributed by atoms with Crippen LogP contribution in [0.1, 0.15) is 10.4 Å². The van der Waals surface area contributed by atoms with Gasteiger partial charge in [0.05, 0.1) is 16.8 Å². The number of phenols is 1. The maximum absolute atomic E-state index is 12.0. The van der Waals surface area contributed by atoms with E-state index in [4.69, 9.17) is 5.84 Å². The van der Waals surface area contributed by atoms with Crippen LogP contribution < -0.4 is 11.3 Å². The Bertz CT molecular complexity index is 831. The summed E-state index contributed by atoms with van der Waals surface area (Å²) in [6, 6.07) is 15.7. The second-order valence-corrected chi connectivity index (χ2v) is 4.60. The second-order valence-electron chi connectivity index (χ2n) is 4.60. The van der Waals surface area contributed by atoms with Crippen LogP contribution in [0.5, 0.6) is 5.75 Å². The molecule has 2 aromatic carbocycles. The number of nitrogens with two attached hydrogens (primary N) is 1. The van der Waals surface area contributed by atoms with Crippen LogP contribution in [0.2, 0.25) is 0 Å². The molecule has 0 saturated heterocycles. The number of phenolic OH excluding ortho intramolecular Hbond substituents is 1. The van der Waals surface area contributed by atoms with Gasteiger partial charge in [0, 0.05) is 10.9 Å². The molecule has 0 aliphatic carbocycles. The van der Waals surface area contributed by atoms with Gasteiger partial charge < -0.3 is 5.11 Å². The van der Waals surface area contributed by atoms with Crippen molar-refractivity contribution < 1.29 is 9.90 Å². The third-order valence-electron chi connectivity index (χ3n) is 3.23. The van der Waals surface area contributed by atoms with Crippen molar-refractivity contribution >= 4 is 16.8 Å². The van der Waals surface area contributed by atoms with E-state index in [0.717, 1.165) is 10.9 Å². The molecule has 0 radical (unpaired) electrons. The molecule has 0 saturated carbocycles. The van der Waals surface area contributed by atoms with Gasteiger partial charge >= 0.3 is 0 Å². The summed E-state index contributed by atoms with van der Waals surface area (Å²) < 4.78 is 0. The number of carbonyl (C=O) groups is 1. The van der Waals surface area contributed by atoms with Crippen LogP contribution in [0.25, 0.3) is 22.2 Å². The van der Waals surface area contributed by atoms with Gasteiger partial charge in [0.25, 0.3) is 5.91 Å². The topological polar surface area (TPSA) is 88.2 Å². The van der Waals surface area contributed by atoms with Gasteiger partial charge in [0.1, 0.15) is 5.75 Å². The number of aromatic hydroxyl groups is 1. The molecule has 0 atom stereocenters. The molecule has 0 spiro atoms. The Morgan fingerprint density at radius 2 is 1.90 bits per heavy atom. The molecule has 0 unspecified atom stereocenters. The molecule has 3 aromatic rings. The molecule has 0 fully saturated rings. The molecule has 1 aromatic heterocycles. The van der Waals surface area contributed by atoms with Crippen LogP contribution in [0, 0.1) is 0 Å². The number of para-hydroxylation sites is 1. The number of hydrazine groups is 1. The van der Waals surface area contributed by atoms with E-state index in [-0.39, 0.29) is 11.7 Å². The number of benzene rings is 2. The van der Waals surface area contributed by atoms with Gasteiger partial charge in [-0.15, -0.1) is 0 Å². The number of hydrogen-bond donors (Lipinski definition) is 3. The normalized spacial score (nSPS) is 10.5. The molecule has 5 heteroatoms. The fourth-order valence-electron chi connectivity index (χ4n) is 2.25. The minimum absolute atomic E-state index is 0.146. The average molecular weight is 279 g/mol. The number of aromatic nitrogens is 1. The van der Waals surface area contributed by atoms with Gasteiger partial charge in [-0.2, -0.15) is 0 Å². The molecule has 1 amide bonds. The van der Waals surface area contributed by atoms with Crippen LogP contribution in [0.3, 0.4) is 0 Å². The van der Waals surface area contributed by atoms with Gasteiger partial charge in [-0.1, -0.05) is 30.3 Å². The number of fused-ring (bicyclic) bond motifs is 1. The molecular formula is C16H13N3O2. The van der Waals surface area contributed by atoms with E-state index >= 15 is 0 Å². The highest BCUT2D eigenvalue weighted by atomic mass is 16.3. The van der Waals surface area contributed by atoms with Crippen LogP contribution >= 0.6 is 0 Å². The fraction of sp³-hybridized carbons (Fsp3) is 0. The van der Waals surface area contributed by atoms with Crippen molar-refractivity contribution in [1.29, 1.82) is 0 Å². The predicted molar refractivity (Wildman–Crippen MR) is 80.5 cm³/mol. The first kappa shape index (κ1) is 13.1. The lowest BCUT2D eigenvalue weighted by molar-refractivity contribution is 0.0955. The largest absolute Gasteiger partial charge is 0.508 e. The monoisotopic (exact) mass is 279 g/mol. The van der Waals surface area contributed by atoms with E-state index in [1.165, 1.54) is 0 Å². The molecule has 0 aliphatic rings. The molecule has 21 heavy (non-hydrogen) atoms. The first-order valence-corrected chi connectivity index (χ1v) is 6.39. The minimum Gasteiger partial charge on any atom is -0.508 e. The van der Waals surface area contributed by atoms with Gasteiger partial charge in [-0.05, 0) is 24.3 Å². The van der Waals surface area contributed by atoms with Gasteiger partial charge in [0.15, 0.2) is 0 Å². The second kappa shape index (κ2) is 5.22. The Morgan fingerprint density at radius 3 is 2.67 bits per heavy atom. The summed E-state index contributed by atoms with van der Waals surface area (Å²) in [5.41, 5.74) is 4.61. The van der Waals surface area contributed by atoms with Crippen LogP contribution in [-0.2, 0) is 0 Å². The first-order valence-electron chi connectivity index (χ1n) is 6.39. The number of rotatable bonds is 2. The first-order chi connectivity index (χ1) is 10.2. The van der Waals surface area contributed by atoms with Gasteiger partial charge in [0.2, 0.25) is 0 Å². The van der Waals surface area contributed by atoms with Gasteiger partial charge in [-0.3, -0.25) is 10.2 Å². The number of nitrogens with zero attached hydrogens (tertiary/aromatic N) is 1. The van der Waals surface area contributed by atoms with E-state index in [1.807, 2.05) is 30.3 Å². The lowest BCUT2D eigenvalue weighted by atomic mass is 10.0. The van der Waals surface area contributed by atoms with Crippen molar-refractivity contribution in [3.8, 4) is 17.0 Å². The summed E-state index contributed by atoms with van der Waals surface area (Å²) >= 11 is 0. The van der Waals surface area contributed by atoms with Crippen molar-refractivity contribution in [1.82, 2.24) is 10.4 Å². The Morgan fingerprint density at radius 1 is 1.10 bits per heavy atom. The van der Waals surface area contributed by atoms with Crippen molar-refractivity contribution in [2.24, 2.45) is 5.84 Å². The third-order valence-corrected chi connectivity index (χ3v) is 3.23. The van der Waals surface area contributed by atoms with E-state index < -0.39 is 0 Å². The highest BCUT2D eigenvalue weighted by Gasteiger charge is 2.13.